The van der Waals surface area contributed by atoms with Gasteiger partial charge in [0.15, 0.2) is 0 Å². The Morgan fingerprint density at radius 1 is 1.33 bits per heavy atom. The number of pyridine rings is 1. The second-order valence-corrected chi connectivity index (χ2v) is 4.09. The van der Waals surface area contributed by atoms with Crippen molar-refractivity contribution in [1.82, 2.24) is 14.5 Å². The van der Waals surface area contributed by atoms with Crippen LogP contribution in [0.5, 0.6) is 0 Å². The van der Waals surface area contributed by atoms with Gasteiger partial charge in [-0.15, -0.1) is 0 Å². The lowest BCUT2D eigenvalue weighted by Gasteiger charge is -2.14. The van der Waals surface area contributed by atoms with Gasteiger partial charge in [-0.1, -0.05) is 0 Å². The zero-order valence-corrected chi connectivity index (χ0v) is 9.31. The topological polar surface area (TPSA) is 56.7 Å². The minimum absolute atomic E-state index is 0.0557. The van der Waals surface area contributed by atoms with Gasteiger partial charge in [0.05, 0.1) is 23.3 Å². The standard InChI is InChI=1S/C11H16N4/c1-7(2)15-10-6-13-5-4-9(10)14-11(15)8(3)12/h4-8H,12H2,1-3H3/t8-/m0/s1. The lowest BCUT2D eigenvalue weighted by molar-refractivity contribution is 0.557. The van der Waals surface area contributed by atoms with Gasteiger partial charge in [0.1, 0.15) is 5.82 Å². The molecule has 0 radical (unpaired) electrons. The normalized spacial score (nSPS) is 13.7. The van der Waals surface area contributed by atoms with Crippen molar-refractivity contribution in [3.63, 3.8) is 0 Å². The van der Waals surface area contributed by atoms with Gasteiger partial charge in [-0.05, 0) is 26.8 Å². The fourth-order valence-corrected chi connectivity index (χ4v) is 1.82. The van der Waals surface area contributed by atoms with Gasteiger partial charge in [-0.2, -0.15) is 0 Å². The van der Waals surface area contributed by atoms with Crippen molar-refractivity contribution in [2.24, 2.45) is 5.73 Å². The Bertz CT molecular complexity index is 470. The Balaban J connectivity index is 2.75. The first-order chi connectivity index (χ1) is 7.11. The van der Waals surface area contributed by atoms with E-state index < -0.39 is 0 Å². The number of imidazole rings is 1. The molecule has 2 aromatic heterocycles. The second-order valence-electron chi connectivity index (χ2n) is 4.09. The molecule has 0 bridgehead atoms. The van der Waals surface area contributed by atoms with Crippen molar-refractivity contribution in [3.05, 3.63) is 24.3 Å². The first-order valence-corrected chi connectivity index (χ1v) is 5.18. The third-order valence-corrected chi connectivity index (χ3v) is 2.44. The van der Waals surface area contributed by atoms with Gasteiger partial charge in [0, 0.05) is 12.2 Å². The van der Waals surface area contributed by atoms with Crippen LogP contribution < -0.4 is 5.73 Å². The molecule has 0 saturated carbocycles. The maximum atomic E-state index is 5.91. The van der Waals surface area contributed by atoms with E-state index in [0.717, 1.165) is 16.9 Å². The van der Waals surface area contributed by atoms with E-state index in [1.54, 1.807) is 6.20 Å². The molecule has 2 rings (SSSR count). The average molecular weight is 204 g/mol. The number of hydrogen-bond donors (Lipinski definition) is 1. The molecule has 0 unspecified atom stereocenters. The molecule has 0 aliphatic rings. The molecular formula is C11H16N4. The molecule has 0 aliphatic carbocycles. The van der Waals surface area contributed by atoms with Crippen LogP contribution in [0.1, 0.15) is 38.7 Å². The van der Waals surface area contributed by atoms with E-state index in [1.165, 1.54) is 0 Å². The SMILES string of the molecule is CC(C)n1c([C@H](C)N)nc2ccncc21. The quantitative estimate of drug-likeness (QED) is 0.814. The van der Waals surface area contributed by atoms with Crippen LogP contribution in [-0.4, -0.2) is 14.5 Å². The van der Waals surface area contributed by atoms with Crippen LogP contribution in [-0.2, 0) is 0 Å². The van der Waals surface area contributed by atoms with E-state index in [0.29, 0.717) is 6.04 Å². The molecule has 0 spiro atoms. The summed E-state index contributed by atoms with van der Waals surface area (Å²) in [7, 11) is 0. The summed E-state index contributed by atoms with van der Waals surface area (Å²) >= 11 is 0. The molecule has 0 fully saturated rings. The van der Waals surface area contributed by atoms with Crippen molar-refractivity contribution in [3.8, 4) is 0 Å². The number of hydrogen-bond acceptors (Lipinski definition) is 3. The minimum atomic E-state index is -0.0557. The molecule has 0 saturated heterocycles. The van der Waals surface area contributed by atoms with Crippen LogP contribution in [0.4, 0.5) is 0 Å². The van der Waals surface area contributed by atoms with E-state index in [2.05, 4.69) is 28.4 Å². The molecule has 2 aromatic rings. The summed E-state index contributed by atoms with van der Waals surface area (Å²) < 4.78 is 2.15. The molecule has 2 N–H and O–H groups in total. The largest absolute Gasteiger partial charge is 0.323 e. The summed E-state index contributed by atoms with van der Waals surface area (Å²) in [5.74, 6) is 0.924. The summed E-state index contributed by atoms with van der Waals surface area (Å²) in [4.78, 5) is 8.66. The van der Waals surface area contributed by atoms with Crippen molar-refractivity contribution in [1.29, 1.82) is 0 Å². The maximum absolute atomic E-state index is 5.91. The molecule has 15 heavy (non-hydrogen) atoms. The summed E-state index contributed by atoms with van der Waals surface area (Å²) in [6.45, 7) is 6.20. The third kappa shape index (κ3) is 1.61. The van der Waals surface area contributed by atoms with E-state index in [4.69, 9.17) is 5.73 Å². The lowest BCUT2D eigenvalue weighted by atomic mass is 10.3. The fourth-order valence-electron chi connectivity index (χ4n) is 1.82. The van der Waals surface area contributed by atoms with E-state index in [-0.39, 0.29) is 6.04 Å². The number of nitrogens with two attached hydrogens (primary N) is 1. The first-order valence-electron chi connectivity index (χ1n) is 5.18. The number of rotatable bonds is 2. The Hall–Kier alpha value is -1.42. The number of nitrogens with zero attached hydrogens (tertiary/aromatic N) is 3. The van der Waals surface area contributed by atoms with Gasteiger partial charge in [0.25, 0.3) is 0 Å². The van der Waals surface area contributed by atoms with Crippen LogP contribution in [0.15, 0.2) is 18.5 Å². The van der Waals surface area contributed by atoms with Crippen LogP contribution in [0, 0.1) is 0 Å². The van der Waals surface area contributed by atoms with E-state index >= 15 is 0 Å². The Labute approximate surface area is 89.1 Å². The van der Waals surface area contributed by atoms with E-state index in [9.17, 15) is 0 Å². The molecule has 0 aromatic carbocycles. The first kappa shape index (κ1) is 10.1. The van der Waals surface area contributed by atoms with Gasteiger partial charge in [-0.25, -0.2) is 4.98 Å². The predicted octanol–water partition coefficient (Wildman–Crippen LogP) is 2.03. The van der Waals surface area contributed by atoms with Crippen LogP contribution in [0.2, 0.25) is 0 Å². The van der Waals surface area contributed by atoms with E-state index in [1.807, 2.05) is 19.2 Å². The highest BCUT2D eigenvalue weighted by molar-refractivity contribution is 5.75. The predicted molar refractivity (Wildman–Crippen MR) is 60.5 cm³/mol. The molecule has 1 atom stereocenters. The lowest BCUT2D eigenvalue weighted by Crippen LogP contribution is -2.14. The zero-order valence-electron chi connectivity index (χ0n) is 9.31. The monoisotopic (exact) mass is 204 g/mol. The molecule has 2 heterocycles. The Kier molecular flexibility index (Phi) is 2.44. The molecule has 80 valence electrons. The van der Waals surface area contributed by atoms with Crippen molar-refractivity contribution >= 4 is 11.0 Å². The molecule has 0 aliphatic heterocycles. The second kappa shape index (κ2) is 3.62. The van der Waals surface area contributed by atoms with Gasteiger partial charge < -0.3 is 10.3 Å². The number of fused-ring (bicyclic) bond motifs is 1. The molecule has 0 amide bonds. The minimum Gasteiger partial charge on any atom is -0.323 e. The van der Waals surface area contributed by atoms with Crippen molar-refractivity contribution in [2.75, 3.05) is 0 Å². The maximum Gasteiger partial charge on any atom is 0.126 e. The smallest absolute Gasteiger partial charge is 0.126 e. The average Bonchev–Trinajstić information content (AvgIpc) is 2.56. The van der Waals surface area contributed by atoms with Gasteiger partial charge in [0.2, 0.25) is 0 Å². The summed E-state index contributed by atoms with van der Waals surface area (Å²) in [5, 5.41) is 0. The summed E-state index contributed by atoms with van der Waals surface area (Å²) in [6.07, 6.45) is 3.60. The summed E-state index contributed by atoms with van der Waals surface area (Å²) in [6, 6.07) is 2.21. The van der Waals surface area contributed by atoms with Crippen molar-refractivity contribution in [2.45, 2.75) is 32.9 Å². The zero-order chi connectivity index (χ0) is 11.0. The number of aromatic nitrogens is 3. The third-order valence-electron chi connectivity index (χ3n) is 2.44. The Morgan fingerprint density at radius 2 is 2.07 bits per heavy atom. The molecule has 4 heteroatoms. The highest BCUT2D eigenvalue weighted by Gasteiger charge is 2.15. The van der Waals surface area contributed by atoms with Crippen LogP contribution in [0.3, 0.4) is 0 Å². The highest BCUT2D eigenvalue weighted by Crippen LogP contribution is 2.22. The highest BCUT2D eigenvalue weighted by atomic mass is 15.1. The Morgan fingerprint density at radius 3 is 2.67 bits per heavy atom. The van der Waals surface area contributed by atoms with Crippen LogP contribution >= 0.6 is 0 Å². The summed E-state index contributed by atoms with van der Waals surface area (Å²) in [5.41, 5.74) is 7.93. The fraction of sp³-hybridized carbons (Fsp3) is 0.455. The molecular weight excluding hydrogens is 188 g/mol. The molecule has 4 nitrogen and oxygen atoms in total. The van der Waals surface area contributed by atoms with Gasteiger partial charge >= 0.3 is 0 Å². The van der Waals surface area contributed by atoms with Crippen molar-refractivity contribution < 1.29 is 0 Å². The van der Waals surface area contributed by atoms with Gasteiger partial charge in [-0.3, -0.25) is 4.98 Å². The van der Waals surface area contributed by atoms with Crippen LogP contribution in [0.25, 0.3) is 11.0 Å².